The Morgan fingerprint density at radius 2 is 1.43 bits per heavy atom. The summed E-state index contributed by atoms with van der Waals surface area (Å²) in [6.07, 6.45) is 9.23. The van der Waals surface area contributed by atoms with E-state index in [0.717, 1.165) is 19.4 Å². The first-order valence-corrected chi connectivity index (χ1v) is 8.90. The van der Waals surface area contributed by atoms with Crippen LogP contribution >= 0.6 is 0 Å². The van der Waals surface area contributed by atoms with Crippen LogP contribution in [0.1, 0.15) is 86.0 Å². The molecule has 0 saturated heterocycles. The van der Waals surface area contributed by atoms with Crippen LogP contribution in [0.25, 0.3) is 0 Å². The Kier molecular flexibility index (Phi) is 12.8. The van der Waals surface area contributed by atoms with Gasteiger partial charge in [-0.1, -0.05) is 45.4 Å². The summed E-state index contributed by atoms with van der Waals surface area (Å²) >= 11 is 0. The zero-order valence-electron chi connectivity index (χ0n) is 15.0. The average Bonchev–Trinajstić information content (AvgIpc) is 2.41. The number of unbranched alkanes of at least 4 members (excludes halogenated alkanes) is 6. The second-order valence-corrected chi connectivity index (χ2v) is 6.52. The number of nitrogens with zero attached hydrogens (tertiary/aromatic N) is 1. The van der Waals surface area contributed by atoms with Crippen LogP contribution in [0.3, 0.4) is 0 Å². The first-order chi connectivity index (χ1) is 9.99. The summed E-state index contributed by atoms with van der Waals surface area (Å²) in [7, 11) is 0. The molecule has 3 heteroatoms. The SMILES string of the molecule is CCCCCCCCCC(=O)OCCN(C(C)C)C(C)C. The Balaban J connectivity index is 3.54. The molecule has 0 spiro atoms. The maximum absolute atomic E-state index is 11.7. The zero-order chi connectivity index (χ0) is 16.1. The third-order valence-electron chi connectivity index (χ3n) is 3.92. The molecule has 0 aliphatic heterocycles. The van der Waals surface area contributed by atoms with E-state index in [2.05, 4.69) is 39.5 Å². The van der Waals surface area contributed by atoms with Crippen LogP contribution in [0, 0.1) is 0 Å². The molecule has 0 unspecified atom stereocenters. The van der Waals surface area contributed by atoms with Crippen molar-refractivity contribution in [2.75, 3.05) is 13.2 Å². The molecule has 0 rings (SSSR count). The largest absolute Gasteiger partial charge is 0.464 e. The third kappa shape index (κ3) is 11.7. The van der Waals surface area contributed by atoms with Gasteiger partial charge in [-0.3, -0.25) is 9.69 Å². The highest BCUT2D eigenvalue weighted by molar-refractivity contribution is 5.69. The van der Waals surface area contributed by atoms with Crippen LogP contribution in [-0.4, -0.2) is 36.1 Å². The molecule has 0 aromatic carbocycles. The second kappa shape index (κ2) is 13.1. The van der Waals surface area contributed by atoms with E-state index >= 15 is 0 Å². The number of rotatable bonds is 13. The van der Waals surface area contributed by atoms with Gasteiger partial charge in [0.05, 0.1) is 0 Å². The van der Waals surface area contributed by atoms with Crippen molar-refractivity contribution in [2.24, 2.45) is 0 Å². The molecule has 0 bridgehead atoms. The van der Waals surface area contributed by atoms with Gasteiger partial charge in [-0.15, -0.1) is 0 Å². The first kappa shape index (κ1) is 20.4. The predicted molar refractivity (Wildman–Crippen MR) is 90.5 cm³/mol. The lowest BCUT2D eigenvalue weighted by molar-refractivity contribution is -0.144. The van der Waals surface area contributed by atoms with E-state index in [-0.39, 0.29) is 5.97 Å². The van der Waals surface area contributed by atoms with Crippen molar-refractivity contribution < 1.29 is 9.53 Å². The molecule has 0 fully saturated rings. The van der Waals surface area contributed by atoms with Crippen LogP contribution in [0.2, 0.25) is 0 Å². The lowest BCUT2D eigenvalue weighted by atomic mass is 10.1. The monoisotopic (exact) mass is 299 g/mol. The molecule has 0 radical (unpaired) electrons. The third-order valence-corrected chi connectivity index (χ3v) is 3.92. The number of ether oxygens (including phenoxy) is 1. The van der Waals surface area contributed by atoms with Crippen molar-refractivity contribution in [1.29, 1.82) is 0 Å². The predicted octanol–water partition coefficient (Wildman–Crippen LogP) is 4.79. The Morgan fingerprint density at radius 1 is 0.905 bits per heavy atom. The molecule has 0 aromatic rings. The van der Waals surface area contributed by atoms with Crippen molar-refractivity contribution in [3.8, 4) is 0 Å². The fourth-order valence-corrected chi connectivity index (χ4v) is 2.68. The fourth-order valence-electron chi connectivity index (χ4n) is 2.68. The van der Waals surface area contributed by atoms with E-state index in [0.29, 0.717) is 25.1 Å². The highest BCUT2D eigenvalue weighted by Crippen LogP contribution is 2.09. The van der Waals surface area contributed by atoms with Crippen molar-refractivity contribution in [1.82, 2.24) is 4.90 Å². The van der Waals surface area contributed by atoms with Gasteiger partial charge >= 0.3 is 5.97 Å². The second-order valence-electron chi connectivity index (χ2n) is 6.52. The summed E-state index contributed by atoms with van der Waals surface area (Å²) in [5, 5.41) is 0. The summed E-state index contributed by atoms with van der Waals surface area (Å²) in [5.41, 5.74) is 0. The summed E-state index contributed by atoms with van der Waals surface area (Å²) in [5.74, 6) is -0.0315. The molecule has 0 aliphatic rings. The lowest BCUT2D eigenvalue weighted by Gasteiger charge is -2.30. The minimum absolute atomic E-state index is 0.0315. The van der Waals surface area contributed by atoms with E-state index < -0.39 is 0 Å². The molecule has 0 aliphatic carbocycles. The summed E-state index contributed by atoms with van der Waals surface area (Å²) in [6.45, 7) is 12.3. The molecular formula is C18H37NO2. The lowest BCUT2D eigenvalue weighted by Crippen LogP contribution is -2.39. The fraction of sp³-hybridized carbons (Fsp3) is 0.944. The summed E-state index contributed by atoms with van der Waals surface area (Å²) < 4.78 is 5.34. The van der Waals surface area contributed by atoms with Crippen LogP contribution in [-0.2, 0) is 9.53 Å². The van der Waals surface area contributed by atoms with Crippen molar-refractivity contribution >= 4 is 5.97 Å². The van der Waals surface area contributed by atoms with E-state index in [4.69, 9.17) is 4.74 Å². The standard InChI is InChI=1S/C18H37NO2/c1-6-7-8-9-10-11-12-13-18(20)21-15-14-19(16(2)3)17(4)5/h16-17H,6-15H2,1-5H3. The molecule has 0 amide bonds. The van der Waals surface area contributed by atoms with Crippen LogP contribution in [0.5, 0.6) is 0 Å². The van der Waals surface area contributed by atoms with E-state index in [9.17, 15) is 4.79 Å². The summed E-state index contributed by atoms with van der Waals surface area (Å²) in [4.78, 5) is 14.0. The smallest absolute Gasteiger partial charge is 0.305 e. The van der Waals surface area contributed by atoms with Gasteiger partial charge in [0.1, 0.15) is 6.61 Å². The molecule has 0 N–H and O–H groups in total. The van der Waals surface area contributed by atoms with E-state index in [1.807, 2.05) is 0 Å². The van der Waals surface area contributed by atoms with Gasteiger partial charge < -0.3 is 4.74 Å². The van der Waals surface area contributed by atoms with Gasteiger partial charge in [-0.2, -0.15) is 0 Å². The normalized spacial score (nSPS) is 11.6. The Labute approximate surface area is 132 Å². The van der Waals surface area contributed by atoms with Crippen molar-refractivity contribution in [3.63, 3.8) is 0 Å². The Morgan fingerprint density at radius 3 is 1.95 bits per heavy atom. The van der Waals surface area contributed by atoms with Crippen LogP contribution in [0.15, 0.2) is 0 Å². The highest BCUT2D eigenvalue weighted by atomic mass is 16.5. The van der Waals surface area contributed by atoms with Crippen molar-refractivity contribution in [2.45, 2.75) is 98.1 Å². The first-order valence-electron chi connectivity index (χ1n) is 8.90. The number of esters is 1. The zero-order valence-corrected chi connectivity index (χ0v) is 15.0. The molecule has 0 heterocycles. The number of carbonyl (C=O) groups is 1. The molecule has 0 aromatic heterocycles. The molecule has 21 heavy (non-hydrogen) atoms. The molecular weight excluding hydrogens is 262 g/mol. The minimum Gasteiger partial charge on any atom is -0.464 e. The van der Waals surface area contributed by atoms with Gasteiger partial charge in [0.15, 0.2) is 0 Å². The van der Waals surface area contributed by atoms with Gasteiger partial charge in [0.25, 0.3) is 0 Å². The number of carbonyl (C=O) groups excluding carboxylic acids is 1. The molecule has 0 atom stereocenters. The summed E-state index contributed by atoms with van der Waals surface area (Å²) in [6, 6.07) is 0.985. The molecule has 0 saturated carbocycles. The molecule has 126 valence electrons. The Bertz CT molecular complexity index is 244. The number of hydrogen-bond donors (Lipinski definition) is 0. The van der Waals surface area contributed by atoms with Gasteiger partial charge in [0.2, 0.25) is 0 Å². The van der Waals surface area contributed by atoms with Gasteiger partial charge in [-0.25, -0.2) is 0 Å². The van der Waals surface area contributed by atoms with Crippen molar-refractivity contribution in [3.05, 3.63) is 0 Å². The topological polar surface area (TPSA) is 29.5 Å². The quantitative estimate of drug-likeness (QED) is 0.362. The van der Waals surface area contributed by atoms with Gasteiger partial charge in [0, 0.05) is 25.0 Å². The van der Waals surface area contributed by atoms with E-state index in [1.54, 1.807) is 0 Å². The highest BCUT2D eigenvalue weighted by Gasteiger charge is 2.13. The maximum atomic E-state index is 11.7. The molecule has 3 nitrogen and oxygen atoms in total. The van der Waals surface area contributed by atoms with E-state index in [1.165, 1.54) is 32.1 Å². The van der Waals surface area contributed by atoms with Crippen LogP contribution in [0.4, 0.5) is 0 Å². The number of hydrogen-bond acceptors (Lipinski definition) is 3. The Hall–Kier alpha value is -0.570. The van der Waals surface area contributed by atoms with Crippen LogP contribution < -0.4 is 0 Å². The average molecular weight is 299 g/mol. The maximum Gasteiger partial charge on any atom is 0.305 e. The minimum atomic E-state index is -0.0315. The van der Waals surface area contributed by atoms with Gasteiger partial charge in [-0.05, 0) is 34.1 Å².